The summed E-state index contributed by atoms with van der Waals surface area (Å²) in [5.41, 5.74) is 2.44. The lowest BCUT2D eigenvalue weighted by Crippen LogP contribution is -2.22. The molecule has 0 atom stereocenters. The molecule has 0 bridgehead atoms. The van der Waals surface area contributed by atoms with Crippen LogP contribution in [0.25, 0.3) is 16.7 Å². The van der Waals surface area contributed by atoms with Crippen LogP contribution < -0.4 is 5.32 Å². The van der Waals surface area contributed by atoms with E-state index in [1.54, 1.807) is 18.2 Å². The zero-order chi connectivity index (χ0) is 18.1. The molecule has 4 aromatic rings. The lowest BCUT2D eigenvalue weighted by molar-refractivity contribution is 0.0948. The summed E-state index contributed by atoms with van der Waals surface area (Å²) in [6.07, 6.45) is 2.91. The Bertz CT molecular complexity index is 1100. The van der Waals surface area contributed by atoms with Crippen LogP contribution in [0, 0.1) is 12.7 Å². The number of hydrogen-bond donors (Lipinski definition) is 1. The van der Waals surface area contributed by atoms with Gasteiger partial charge in [-0.05, 0) is 25.1 Å². The molecule has 0 saturated heterocycles. The van der Waals surface area contributed by atoms with Crippen LogP contribution in [0.3, 0.4) is 0 Å². The number of aromatic nitrogens is 2. The first-order chi connectivity index (χ1) is 12.6. The number of hydrogen-bond acceptors (Lipinski definition) is 3. The molecule has 0 spiro atoms. The minimum Gasteiger partial charge on any atom is -0.459 e. The zero-order valence-corrected chi connectivity index (χ0v) is 14.1. The maximum atomic E-state index is 13.8. The van der Waals surface area contributed by atoms with E-state index in [1.807, 2.05) is 31.2 Å². The van der Waals surface area contributed by atoms with E-state index < -0.39 is 5.82 Å². The number of para-hydroxylation sites is 2. The summed E-state index contributed by atoms with van der Waals surface area (Å²) in [7, 11) is 0. The van der Waals surface area contributed by atoms with Crippen LogP contribution in [-0.4, -0.2) is 15.7 Å². The molecule has 0 aliphatic carbocycles. The largest absolute Gasteiger partial charge is 0.459 e. The Kier molecular flexibility index (Phi) is 4.01. The quantitative estimate of drug-likeness (QED) is 0.606. The van der Waals surface area contributed by atoms with Crippen molar-refractivity contribution in [3.63, 3.8) is 0 Å². The maximum absolute atomic E-state index is 13.8. The molecule has 0 unspecified atom stereocenters. The number of fused-ring (bicyclic) bond motifs is 1. The lowest BCUT2D eigenvalue weighted by Gasteiger charge is -2.03. The van der Waals surface area contributed by atoms with Gasteiger partial charge in [0.15, 0.2) is 0 Å². The second-order valence-corrected chi connectivity index (χ2v) is 5.95. The predicted molar refractivity (Wildman–Crippen MR) is 95.6 cm³/mol. The van der Waals surface area contributed by atoms with Gasteiger partial charge in [0.05, 0.1) is 18.3 Å². The first-order valence-electron chi connectivity index (χ1n) is 8.18. The fraction of sp³-hybridized carbons (Fsp3) is 0.100. The van der Waals surface area contributed by atoms with Crippen LogP contribution in [0.15, 0.2) is 65.3 Å². The van der Waals surface area contributed by atoms with Crippen molar-refractivity contribution >= 4 is 16.9 Å². The Morgan fingerprint density at radius 1 is 1.19 bits per heavy atom. The van der Waals surface area contributed by atoms with E-state index in [4.69, 9.17) is 4.42 Å². The minimum atomic E-state index is -0.402. The summed E-state index contributed by atoms with van der Waals surface area (Å²) >= 11 is 0. The van der Waals surface area contributed by atoms with E-state index in [9.17, 15) is 9.18 Å². The van der Waals surface area contributed by atoms with E-state index in [0.29, 0.717) is 17.0 Å². The number of nitrogens with zero attached hydrogens (tertiary/aromatic N) is 2. The molecule has 4 rings (SSSR count). The van der Waals surface area contributed by atoms with Gasteiger partial charge in [-0.2, -0.15) is 5.10 Å². The third-order valence-electron chi connectivity index (χ3n) is 4.30. The fourth-order valence-corrected chi connectivity index (χ4v) is 2.87. The fourth-order valence-electron chi connectivity index (χ4n) is 2.87. The summed E-state index contributed by atoms with van der Waals surface area (Å²) in [5, 5.41) is 7.92. The Morgan fingerprint density at radius 3 is 2.77 bits per heavy atom. The van der Waals surface area contributed by atoms with Gasteiger partial charge in [0.2, 0.25) is 0 Å². The molecule has 0 saturated carbocycles. The van der Waals surface area contributed by atoms with Gasteiger partial charge >= 0.3 is 0 Å². The van der Waals surface area contributed by atoms with E-state index in [-0.39, 0.29) is 12.5 Å². The Hall–Kier alpha value is -3.41. The SMILES string of the molecule is Cc1c(CNC(=O)c2cnn(-c3ccccc3F)c2)oc2ccccc12. The van der Waals surface area contributed by atoms with Crippen molar-refractivity contribution in [3.8, 4) is 5.69 Å². The highest BCUT2D eigenvalue weighted by molar-refractivity contribution is 5.93. The molecule has 0 aliphatic rings. The van der Waals surface area contributed by atoms with Gasteiger partial charge in [-0.3, -0.25) is 4.79 Å². The summed E-state index contributed by atoms with van der Waals surface area (Å²) < 4.78 is 21.0. The first-order valence-corrected chi connectivity index (χ1v) is 8.18. The number of aryl methyl sites for hydroxylation is 1. The van der Waals surface area contributed by atoms with Gasteiger partial charge in [-0.25, -0.2) is 9.07 Å². The van der Waals surface area contributed by atoms with Gasteiger partial charge in [-0.15, -0.1) is 0 Å². The van der Waals surface area contributed by atoms with Crippen LogP contribution in [-0.2, 0) is 6.54 Å². The summed E-state index contributed by atoms with van der Waals surface area (Å²) in [6.45, 7) is 2.23. The Balaban J connectivity index is 1.50. The molecular formula is C20H16FN3O2. The number of carbonyl (C=O) groups excluding carboxylic acids is 1. The number of carbonyl (C=O) groups is 1. The van der Waals surface area contributed by atoms with Gasteiger partial charge in [0, 0.05) is 17.1 Å². The second-order valence-electron chi connectivity index (χ2n) is 5.95. The third kappa shape index (κ3) is 2.86. The Labute approximate surface area is 149 Å². The van der Waals surface area contributed by atoms with Crippen molar-refractivity contribution in [2.24, 2.45) is 0 Å². The molecule has 1 N–H and O–H groups in total. The maximum Gasteiger partial charge on any atom is 0.254 e. The van der Waals surface area contributed by atoms with Crippen molar-refractivity contribution in [1.29, 1.82) is 0 Å². The predicted octanol–water partition coefficient (Wildman–Crippen LogP) is 4.00. The van der Waals surface area contributed by atoms with Gasteiger partial charge in [0.1, 0.15) is 22.8 Å². The topological polar surface area (TPSA) is 60.1 Å². The van der Waals surface area contributed by atoms with E-state index in [2.05, 4.69) is 10.4 Å². The molecule has 0 aliphatic heterocycles. The molecule has 2 aromatic carbocycles. The standard InChI is InChI=1S/C20H16FN3O2/c1-13-15-6-2-5-9-18(15)26-19(13)11-22-20(25)14-10-23-24(12-14)17-8-4-3-7-16(17)21/h2-10,12H,11H2,1H3,(H,22,25). The number of rotatable bonds is 4. The molecule has 130 valence electrons. The molecule has 26 heavy (non-hydrogen) atoms. The van der Waals surface area contributed by atoms with Crippen molar-refractivity contribution in [2.75, 3.05) is 0 Å². The highest BCUT2D eigenvalue weighted by Crippen LogP contribution is 2.24. The lowest BCUT2D eigenvalue weighted by atomic mass is 10.1. The molecule has 6 heteroatoms. The normalized spacial score (nSPS) is 11.0. The van der Waals surface area contributed by atoms with Crippen molar-refractivity contribution in [2.45, 2.75) is 13.5 Å². The summed E-state index contributed by atoms with van der Waals surface area (Å²) in [5.74, 6) is 0.00829. The number of benzene rings is 2. The van der Waals surface area contributed by atoms with E-state index in [0.717, 1.165) is 16.5 Å². The van der Waals surface area contributed by atoms with Crippen LogP contribution in [0.4, 0.5) is 4.39 Å². The molecule has 1 amide bonds. The first kappa shape index (κ1) is 16.1. The molecule has 0 radical (unpaired) electrons. The second kappa shape index (κ2) is 6.48. The van der Waals surface area contributed by atoms with Gasteiger partial charge in [0.25, 0.3) is 5.91 Å². The average molecular weight is 349 g/mol. The average Bonchev–Trinajstić information content (AvgIpc) is 3.26. The molecule has 2 aromatic heterocycles. The van der Waals surface area contributed by atoms with Crippen molar-refractivity contribution in [3.05, 3.63) is 83.6 Å². The van der Waals surface area contributed by atoms with E-state index in [1.165, 1.54) is 23.1 Å². The van der Waals surface area contributed by atoms with Crippen LogP contribution in [0.1, 0.15) is 21.7 Å². The third-order valence-corrected chi connectivity index (χ3v) is 4.30. The number of furan rings is 1. The zero-order valence-electron chi connectivity index (χ0n) is 14.1. The molecular weight excluding hydrogens is 333 g/mol. The van der Waals surface area contributed by atoms with E-state index >= 15 is 0 Å². The number of halogens is 1. The highest BCUT2D eigenvalue weighted by atomic mass is 19.1. The smallest absolute Gasteiger partial charge is 0.254 e. The van der Waals surface area contributed by atoms with Crippen molar-refractivity contribution in [1.82, 2.24) is 15.1 Å². The summed E-state index contributed by atoms with van der Waals surface area (Å²) in [4.78, 5) is 12.4. The van der Waals surface area contributed by atoms with Gasteiger partial charge < -0.3 is 9.73 Å². The molecule has 0 fully saturated rings. The number of amides is 1. The van der Waals surface area contributed by atoms with Gasteiger partial charge in [-0.1, -0.05) is 30.3 Å². The summed E-state index contributed by atoms with van der Waals surface area (Å²) in [6, 6.07) is 14.0. The molecule has 2 heterocycles. The van der Waals surface area contributed by atoms with Crippen LogP contribution >= 0.6 is 0 Å². The monoisotopic (exact) mass is 349 g/mol. The number of nitrogens with one attached hydrogen (secondary N) is 1. The minimum absolute atomic E-state index is 0.268. The van der Waals surface area contributed by atoms with Crippen LogP contribution in [0.5, 0.6) is 0 Å². The highest BCUT2D eigenvalue weighted by Gasteiger charge is 2.14. The molecule has 5 nitrogen and oxygen atoms in total. The van der Waals surface area contributed by atoms with Crippen molar-refractivity contribution < 1.29 is 13.6 Å². The van der Waals surface area contributed by atoms with Crippen LogP contribution in [0.2, 0.25) is 0 Å². The Morgan fingerprint density at radius 2 is 1.96 bits per heavy atom.